The third kappa shape index (κ3) is 5.57. The average molecular weight is 533 g/mol. The molecule has 0 aromatic carbocycles. The first kappa shape index (κ1) is 26.5. The molecule has 0 radical (unpaired) electrons. The number of nitrogens with zero attached hydrogens (tertiary/aromatic N) is 3. The summed E-state index contributed by atoms with van der Waals surface area (Å²) in [6, 6.07) is -3.04. The molecule has 2 heterocycles. The predicted octanol–water partition coefficient (Wildman–Crippen LogP) is 3.57. The zero-order valence-electron chi connectivity index (χ0n) is 20.3. The van der Waals surface area contributed by atoms with Gasteiger partial charge in [0, 0.05) is 29.9 Å². The minimum Gasteiger partial charge on any atom is -0.447 e. The molecule has 1 saturated heterocycles. The van der Waals surface area contributed by atoms with Crippen LogP contribution in [-0.2, 0) is 24.9 Å². The first-order valence-corrected chi connectivity index (χ1v) is 14.2. The molecule has 196 valence electrons. The van der Waals surface area contributed by atoms with Crippen molar-refractivity contribution in [2.75, 3.05) is 12.6 Å². The van der Waals surface area contributed by atoms with Crippen LogP contribution >= 0.6 is 11.6 Å². The van der Waals surface area contributed by atoms with Gasteiger partial charge in [-0.15, -0.1) is 0 Å². The fourth-order valence-corrected chi connectivity index (χ4v) is 6.78. The Labute approximate surface area is 211 Å². The summed E-state index contributed by atoms with van der Waals surface area (Å²) in [4.78, 5) is 23.3. The molecule has 1 aromatic heterocycles. The number of ether oxygens (including phenoxy) is 2. The summed E-state index contributed by atoms with van der Waals surface area (Å²) >= 11 is 5.96. The minimum absolute atomic E-state index is 0.0296. The molecule has 0 bridgehead atoms. The number of hydrogen-bond donors (Lipinski definition) is 1. The van der Waals surface area contributed by atoms with Gasteiger partial charge in [-0.05, 0) is 65.2 Å². The highest BCUT2D eigenvalue weighted by Gasteiger charge is 2.53. The van der Waals surface area contributed by atoms with Crippen LogP contribution in [0.15, 0.2) is 12.4 Å². The molecule has 12 heteroatoms. The van der Waals surface area contributed by atoms with Crippen molar-refractivity contribution in [2.24, 2.45) is 5.92 Å². The molecule has 3 fully saturated rings. The van der Waals surface area contributed by atoms with Crippen LogP contribution in [0.4, 0.5) is 9.18 Å². The van der Waals surface area contributed by atoms with Gasteiger partial charge in [0.25, 0.3) is 0 Å². The largest absolute Gasteiger partial charge is 0.447 e. The van der Waals surface area contributed by atoms with E-state index < -0.39 is 34.2 Å². The Hall–Kier alpha value is -1.56. The van der Waals surface area contributed by atoms with Gasteiger partial charge in [0.1, 0.15) is 5.82 Å². The van der Waals surface area contributed by atoms with E-state index >= 15 is 0 Å². The summed E-state index contributed by atoms with van der Waals surface area (Å²) < 4.78 is 51.1. The van der Waals surface area contributed by atoms with E-state index in [0.717, 1.165) is 37.9 Å². The third-order valence-corrected chi connectivity index (χ3v) is 8.81. The summed E-state index contributed by atoms with van der Waals surface area (Å²) in [7, 11) is -4.10. The summed E-state index contributed by atoms with van der Waals surface area (Å²) in [5.41, 5.74) is -0.0429. The Morgan fingerprint density at radius 2 is 1.97 bits per heavy atom. The number of alkyl halides is 1. The fourth-order valence-electron chi connectivity index (χ4n) is 5.91. The number of fused-ring (bicyclic) bond motifs is 1. The topological polar surface area (TPSA) is 111 Å². The van der Waals surface area contributed by atoms with E-state index in [-0.39, 0.29) is 30.3 Å². The first-order valence-electron chi connectivity index (χ1n) is 12.2. The highest BCUT2D eigenvalue weighted by atomic mass is 35.5. The van der Waals surface area contributed by atoms with Crippen LogP contribution in [0.2, 0.25) is 5.02 Å². The van der Waals surface area contributed by atoms with E-state index in [0.29, 0.717) is 17.4 Å². The Balaban J connectivity index is 1.43. The Bertz CT molecular complexity index is 1010. The number of hydrogen-bond acceptors (Lipinski definition) is 7. The number of likely N-dealkylation sites (tertiary alicyclic amines) is 1. The van der Waals surface area contributed by atoms with Crippen molar-refractivity contribution in [3.05, 3.63) is 23.2 Å². The van der Waals surface area contributed by atoms with Crippen molar-refractivity contribution in [1.29, 1.82) is 0 Å². The van der Waals surface area contributed by atoms with E-state index in [2.05, 4.69) is 14.7 Å². The SMILES string of the molecule is CC(C)OC(=O)N1[C@H](C)C[C@H](NS(=O)(=O)CF)[C@@H]1CO[C@@H]1CC[C@]2(c3ncc(Cl)cn3)CC[C@@H]2C1. The second-order valence-corrected chi connectivity index (χ2v) is 12.4. The zero-order chi connectivity index (χ0) is 25.4. The maximum absolute atomic E-state index is 13.0. The molecular weight excluding hydrogens is 499 g/mol. The van der Waals surface area contributed by atoms with Crippen LogP contribution < -0.4 is 4.72 Å². The number of aromatic nitrogens is 2. The molecule has 2 saturated carbocycles. The first-order chi connectivity index (χ1) is 16.5. The molecule has 3 aliphatic rings. The fraction of sp³-hybridized carbons (Fsp3) is 0.783. The number of nitrogens with one attached hydrogen (secondary N) is 1. The molecule has 9 nitrogen and oxygen atoms in total. The second-order valence-electron chi connectivity index (χ2n) is 10.3. The Morgan fingerprint density at radius 1 is 1.29 bits per heavy atom. The molecule has 1 aliphatic heterocycles. The van der Waals surface area contributed by atoms with Gasteiger partial charge in [-0.2, -0.15) is 0 Å². The molecule has 35 heavy (non-hydrogen) atoms. The molecule has 1 amide bonds. The van der Waals surface area contributed by atoms with Crippen LogP contribution in [0.5, 0.6) is 0 Å². The van der Waals surface area contributed by atoms with E-state index in [1.165, 1.54) is 4.90 Å². The summed E-state index contributed by atoms with van der Waals surface area (Å²) in [5.74, 6) is 1.23. The van der Waals surface area contributed by atoms with Crippen molar-refractivity contribution in [3.8, 4) is 0 Å². The standard InChI is InChI=1S/C23H34ClFN4O5S/c1-14(2)34-22(30)29-15(3)8-19(28-35(31,32)13-25)20(29)12-33-18-5-7-23(6-4-16(23)9-18)21-26-10-17(24)11-27-21/h10-11,14-16,18-20,28H,4-9,12-13H2,1-3H3/t15-,16-,18-,19+,20+,23-/m1/s1. The number of amides is 1. The normalized spacial score (nSPS) is 32.9. The Morgan fingerprint density at radius 3 is 2.54 bits per heavy atom. The van der Waals surface area contributed by atoms with Crippen molar-refractivity contribution in [1.82, 2.24) is 19.6 Å². The molecular formula is C23H34ClFN4O5S. The van der Waals surface area contributed by atoms with Crippen molar-refractivity contribution >= 4 is 27.7 Å². The van der Waals surface area contributed by atoms with Gasteiger partial charge in [-0.3, -0.25) is 4.90 Å². The zero-order valence-corrected chi connectivity index (χ0v) is 21.9. The number of rotatable bonds is 8. The van der Waals surface area contributed by atoms with Gasteiger partial charge >= 0.3 is 6.09 Å². The summed E-state index contributed by atoms with van der Waals surface area (Å²) in [6.07, 6.45) is 7.40. The van der Waals surface area contributed by atoms with Crippen LogP contribution in [0.1, 0.15) is 65.1 Å². The maximum Gasteiger partial charge on any atom is 0.410 e. The average Bonchev–Trinajstić information content (AvgIpc) is 3.08. The number of halogens is 2. The van der Waals surface area contributed by atoms with Crippen molar-refractivity contribution < 1.29 is 27.1 Å². The molecule has 4 rings (SSSR count). The summed E-state index contributed by atoms with van der Waals surface area (Å²) in [6.45, 7) is 5.47. The van der Waals surface area contributed by atoms with Crippen LogP contribution in [-0.4, -0.2) is 72.3 Å². The molecule has 6 atom stereocenters. The molecule has 2 aliphatic carbocycles. The maximum atomic E-state index is 13.0. The lowest BCUT2D eigenvalue weighted by Crippen LogP contribution is -2.53. The Kier molecular flexibility index (Phi) is 7.90. The monoisotopic (exact) mass is 532 g/mol. The lowest BCUT2D eigenvalue weighted by Gasteiger charge is -2.53. The summed E-state index contributed by atoms with van der Waals surface area (Å²) in [5, 5.41) is 0.516. The lowest BCUT2D eigenvalue weighted by atomic mass is 9.53. The van der Waals surface area contributed by atoms with Gasteiger partial charge in [0.15, 0.2) is 0 Å². The van der Waals surface area contributed by atoms with E-state index in [1.54, 1.807) is 26.2 Å². The highest BCUT2D eigenvalue weighted by molar-refractivity contribution is 7.89. The van der Waals surface area contributed by atoms with E-state index in [9.17, 15) is 17.6 Å². The third-order valence-electron chi connectivity index (χ3n) is 7.66. The van der Waals surface area contributed by atoms with Gasteiger partial charge < -0.3 is 9.47 Å². The molecule has 1 N–H and O–H groups in total. The van der Waals surface area contributed by atoms with Crippen LogP contribution in [0, 0.1) is 5.92 Å². The smallest absolute Gasteiger partial charge is 0.410 e. The molecule has 0 unspecified atom stereocenters. The number of sulfonamides is 1. The molecule has 0 spiro atoms. The second kappa shape index (κ2) is 10.4. The quantitative estimate of drug-likeness (QED) is 0.545. The minimum atomic E-state index is -4.10. The van der Waals surface area contributed by atoms with Gasteiger partial charge in [-0.25, -0.2) is 32.3 Å². The van der Waals surface area contributed by atoms with Crippen LogP contribution in [0.3, 0.4) is 0 Å². The van der Waals surface area contributed by atoms with Crippen molar-refractivity contribution in [3.63, 3.8) is 0 Å². The van der Waals surface area contributed by atoms with Gasteiger partial charge in [-0.1, -0.05) is 11.6 Å². The number of carbonyl (C=O) groups excluding carboxylic acids is 1. The van der Waals surface area contributed by atoms with Gasteiger partial charge in [0.2, 0.25) is 16.0 Å². The predicted molar refractivity (Wildman–Crippen MR) is 128 cm³/mol. The van der Waals surface area contributed by atoms with Gasteiger partial charge in [0.05, 0.1) is 29.9 Å². The van der Waals surface area contributed by atoms with E-state index in [1.807, 2.05) is 6.92 Å². The van der Waals surface area contributed by atoms with Crippen molar-refractivity contribution in [2.45, 2.75) is 95.0 Å². The number of carbonyl (C=O) groups is 1. The lowest BCUT2D eigenvalue weighted by molar-refractivity contribution is -0.0646. The highest BCUT2D eigenvalue weighted by Crippen LogP contribution is 2.56. The van der Waals surface area contributed by atoms with Crippen LogP contribution in [0.25, 0.3) is 0 Å². The molecule has 1 aromatic rings. The van der Waals surface area contributed by atoms with E-state index in [4.69, 9.17) is 21.1 Å².